The highest BCUT2D eigenvalue weighted by molar-refractivity contribution is 5.78. The molecule has 0 unspecified atom stereocenters. The summed E-state index contributed by atoms with van der Waals surface area (Å²) in [4.78, 5) is 0. The van der Waals surface area contributed by atoms with Gasteiger partial charge in [0.15, 0.2) is 0 Å². The maximum Gasteiger partial charge on any atom is -0.00549 e. The molecule has 1 aliphatic rings. The monoisotopic (exact) mass is 242 g/mol. The Labute approximate surface area is 112 Å². The van der Waals surface area contributed by atoms with Crippen molar-refractivity contribution < 1.29 is 0 Å². The summed E-state index contributed by atoms with van der Waals surface area (Å²) in [6, 6.07) is 6.93. The lowest BCUT2D eigenvalue weighted by atomic mass is 9.93. The summed E-state index contributed by atoms with van der Waals surface area (Å²) < 4.78 is 0. The highest BCUT2D eigenvalue weighted by Gasteiger charge is 2.22. The third-order valence-electron chi connectivity index (χ3n) is 3.94. The van der Waals surface area contributed by atoms with Crippen LogP contribution in [-0.2, 0) is 12.8 Å². The maximum absolute atomic E-state index is 2.34. The summed E-state index contributed by atoms with van der Waals surface area (Å²) in [5.41, 5.74) is 8.22. The molecule has 1 aliphatic carbocycles. The second-order valence-corrected chi connectivity index (χ2v) is 5.46. The van der Waals surface area contributed by atoms with Gasteiger partial charge in [-0.15, -0.1) is 0 Å². The van der Waals surface area contributed by atoms with Crippen molar-refractivity contribution in [2.75, 3.05) is 0 Å². The largest absolute Gasteiger partial charge is 0.0651 e. The smallest absolute Gasteiger partial charge is 0.00549 e. The van der Waals surface area contributed by atoms with E-state index in [-0.39, 0.29) is 0 Å². The van der Waals surface area contributed by atoms with Crippen molar-refractivity contribution >= 4 is 5.57 Å². The van der Waals surface area contributed by atoms with Gasteiger partial charge in [-0.25, -0.2) is 0 Å². The van der Waals surface area contributed by atoms with Gasteiger partial charge in [-0.3, -0.25) is 0 Å². The van der Waals surface area contributed by atoms with Gasteiger partial charge >= 0.3 is 0 Å². The maximum atomic E-state index is 2.34. The Morgan fingerprint density at radius 3 is 2.28 bits per heavy atom. The van der Waals surface area contributed by atoms with Crippen LogP contribution < -0.4 is 0 Å². The fourth-order valence-corrected chi connectivity index (χ4v) is 3.27. The number of hydrogen-bond donors (Lipinski definition) is 0. The zero-order valence-corrected chi connectivity index (χ0v) is 12.2. The lowest BCUT2D eigenvalue weighted by Gasteiger charge is -2.12. The molecule has 0 bridgehead atoms. The fraction of sp³-hybridized carbons (Fsp3) is 0.556. The van der Waals surface area contributed by atoms with Crippen molar-refractivity contribution in [3.05, 3.63) is 40.5 Å². The van der Waals surface area contributed by atoms with Crippen molar-refractivity contribution in [1.29, 1.82) is 0 Å². The molecule has 0 nitrogen and oxygen atoms in total. The van der Waals surface area contributed by atoms with Crippen LogP contribution in [0.25, 0.3) is 5.57 Å². The predicted molar refractivity (Wildman–Crippen MR) is 80.9 cm³/mol. The molecule has 1 aromatic rings. The second-order valence-electron chi connectivity index (χ2n) is 5.46. The van der Waals surface area contributed by atoms with Gasteiger partial charge in [0.1, 0.15) is 0 Å². The van der Waals surface area contributed by atoms with Crippen LogP contribution >= 0.6 is 0 Å². The van der Waals surface area contributed by atoms with E-state index in [4.69, 9.17) is 0 Å². The van der Waals surface area contributed by atoms with E-state index >= 15 is 0 Å². The molecule has 0 heterocycles. The van der Waals surface area contributed by atoms with Gasteiger partial charge < -0.3 is 0 Å². The quantitative estimate of drug-likeness (QED) is 0.613. The van der Waals surface area contributed by atoms with Crippen molar-refractivity contribution in [2.45, 2.75) is 65.7 Å². The third kappa shape index (κ3) is 2.53. The van der Waals surface area contributed by atoms with E-state index in [0.717, 1.165) is 0 Å². The van der Waals surface area contributed by atoms with Gasteiger partial charge in [-0.2, -0.15) is 0 Å². The van der Waals surface area contributed by atoms with E-state index < -0.39 is 0 Å². The Morgan fingerprint density at radius 1 is 0.889 bits per heavy atom. The Hall–Kier alpha value is -1.04. The number of allylic oxidation sites excluding steroid dienone is 2. The molecular formula is C18H26. The van der Waals surface area contributed by atoms with Crippen LogP contribution in [0.4, 0.5) is 0 Å². The van der Waals surface area contributed by atoms with Gasteiger partial charge in [0, 0.05) is 0 Å². The molecule has 2 rings (SSSR count). The average molecular weight is 242 g/mol. The van der Waals surface area contributed by atoms with Gasteiger partial charge in [-0.1, -0.05) is 63.8 Å². The predicted octanol–water partition coefficient (Wildman–Crippen LogP) is 5.55. The highest BCUT2D eigenvalue weighted by atomic mass is 14.3. The summed E-state index contributed by atoms with van der Waals surface area (Å²) in [5, 5.41) is 0. The minimum Gasteiger partial charge on any atom is -0.0651 e. The van der Waals surface area contributed by atoms with Gasteiger partial charge in [-0.05, 0) is 47.9 Å². The van der Waals surface area contributed by atoms with Crippen LogP contribution in [0, 0.1) is 0 Å². The van der Waals surface area contributed by atoms with Gasteiger partial charge in [0.2, 0.25) is 0 Å². The second kappa shape index (κ2) is 6.22. The topological polar surface area (TPSA) is 0 Å². The van der Waals surface area contributed by atoms with Crippen molar-refractivity contribution in [1.82, 2.24) is 0 Å². The highest BCUT2D eigenvalue weighted by Crippen LogP contribution is 2.40. The first kappa shape index (κ1) is 13.4. The Kier molecular flexibility index (Phi) is 4.63. The van der Waals surface area contributed by atoms with Gasteiger partial charge in [0.25, 0.3) is 0 Å². The van der Waals surface area contributed by atoms with Crippen LogP contribution in [0.15, 0.2) is 23.8 Å². The summed E-state index contributed by atoms with van der Waals surface area (Å²) in [6.45, 7) is 6.88. The average Bonchev–Trinajstić information content (AvgIpc) is 2.70. The van der Waals surface area contributed by atoms with Crippen molar-refractivity contribution in [3.63, 3.8) is 0 Å². The molecule has 18 heavy (non-hydrogen) atoms. The molecule has 0 N–H and O–H groups in total. The third-order valence-corrected chi connectivity index (χ3v) is 3.94. The first-order chi connectivity index (χ1) is 8.81. The molecule has 0 atom stereocenters. The molecule has 0 saturated carbocycles. The molecule has 0 heteroatoms. The van der Waals surface area contributed by atoms with E-state index in [2.05, 4.69) is 39.0 Å². The zero-order chi connectivity index (χ0) is 13.0. The van der Waals surface area contributed by atoms with E-state index in [0.29, 0.717) is 0 Å². The summed E-state index contributed by atoms with van der Waals surface area (Å²) in [7, 11) is 0. The first-order valence-electron chi connectivity index (χ1n) is 7.63. The molecule has 0 fully saturated rings. The van der Waals surface area contributed by atoms with Crippen LogP contribution in [-0.4, -0.2) is 0 Å². The Bertz CT molecular complexity index is 437. The van der Waals surface area contributed by atoms with Crippen molar-refractivity contribution in [2.24, 2.45) is 0 Å². The van der Waals surface area contributed by atoms with E-state index in [1.165, 1.54) is 44.9 Å². The first-order valence-corrected chi connectivity index (χ1v) is 7.63. The SMILES string of the molecule is CCCC1=C(CCC)c2c(CCC)cccc2C1. The normalized spacial score (nSPS) is 14.2. The van der Waals surface area contributed by atoms with Gasteiger partial charge in [0.05, 0.1) is 0 Å². The molecule has 0 aliphatic heterocycles. The summed E-state index contributed by atoms with van der Waals surface area (Å²) in [6.07, 6.45) is 8.80. The molecule has 98 valence electrons. The van der Waals surface area contributed by atoms with Crippen LogP contribution in [0.3, 0.4) is 0 Å². The molecular weight excluding hydrogens is 216 g/mol. The molecule has 0 aromatic heterocycles. The number of fused-ring (bicyclic) bond motifs is 1. The lowest BCUT2D eigenvalue weighted by molar-refractivity contribution is 0.871. The van der Waals surface area contributed by atoms with E-state index in [1.54, 1.807) is 27.8 Å². The molecule has 0 spiro atoms. The number of rotatable bonds is 6. The summed E-state index contributed by atoms with van der Waals surface area (Å²) in [5.74, 6) is 0. The van der Waals surface area contributed by atoms with Crippen LogP contribution in [0.1, 0.15) is 69.6 Å². The van der Waals surface area contributed by atoms with Crippen LogP contribution in [0.5, 0.6) is 0 Å². The lowest BCUT2D eigenvalue weighted by Crippen LogP contribution is -1.94. The zero-order valence-electron chi connectivity index (χ0n) is 12.2. The molecule has 1 aromatic carbocycles. The van der Waals surface area contributed by atoms with Crippen molar-refractivity contribution in [3.8, 4) is 0 Å². The minimum atomic E-state index is 1.22. The molecule has 0 radical (unpaired) electrons. The summed E-state index contributed by atoms with van der Waals surface area (Å²) >= 11 is 0. The molecule has 0 saturated heterocycles. The molecule has 0 amide bonds. The minimum absolute atomic E-state index is 1.22. The Balaban J connectivity index is 2.42. The van der Waals surface area contributed by atoms with E-state index in [1.807, 2.05) is 0 Å². The fourth-order valence-electron chi connectivity index (χ4n) is 3.27. The van der Waals surface area contributed by atoms with E-state index in [9.17, 15) is 0 Å². The number of aryl methyl sites for hydroxylation is 1. The van der Waals surface area contributed by atoms with Crippen LogP contribution in [0.2, 0.25) is 0 Å². The Morgan fingerprint density at radius 2 is 1.61 bits per heavy atom. The number of hydrogen-bond acceptors (Lipinski definition) is 0. The standard InChI is InChI=1S/C18H26/c1-4-8-14-11-7-12-16-13-15(9-5-2)17(10-6-3)18(14)16/h7,11-12H,4-6,8-10,13H2,1-3H3. The number of benzene rings is 1.